The van der Waals surface area contributed by atoms with Crippen molar-refractivity contribution in [1.29, 1.82) is 0 Å². The second-order valence-corrected chi connectivity index (χ2v) is 4.95. The number of rotatable bonds is 5. The molecule has 21 heavy (non-hydrogen) atoms. The van der Waals surface area contributed by atoms with Crippen molar-refractivity contribution in [1.82, 2.24) is 0 Å². The van der Waals surface area contributed by atoms with Crippen LogP contribution in [-0.4, -0.2) is 19.0 Å². The van der Waals surface area contributed by atoms with Gasteiger partial charge in [-0.25, -0.2) is 0 Å². The van der Waals surface area contributed by atoms with Crippen LogP contribution in [0.25, 0.3) is 0 Å². The smallest absolute Gasteiger partial charge is 0.311 e. The molecule has 0 heterocycles. The van der Waals surface area contributed by atoms with Crippen LogP contribution in [0, 0.1) is 10.1 Å². The van der Waals surface area contributed by atoms with Gasteiger partial charge in [0.2, 0.25) is 5.75 Å². The largest absolute Gasteiger partial charge is 0.450 e. The third-order valence-electron chi connectivity index (χ3n) is 2.94. The highest BCUT2D eigenvalue weighted by atomic mass is 35.5. The zero-order valence-corrected chi connectivity index (χ0v) is 12.5. The van der Waals surface area contributed by atoms with Crippen molar-refractivity contribution < 1.29 is 9.66 Å². The SMILES string of the molecule is CN(C)c1cccc(Oc2ccc(CCl)cc2[N+](=O)[O-])c1. The number of anilines is 1. The Kier molecular flexibility index (Phi) is 4.65. The molecule has 2 aromatic rings. The third-order valence-corrected chi connectivity index (χ3v) is 3.24. The first-order chi connectivity index (χ1) is 10.0. The summed E-state index contributed by atoms with van der Waals surface area (Å²) in [6, 6.07) is 12.0. The third kappa shape index (κ3) is 3.64. The van der Waals surface area contributed by atoms with Gasteiger partial charge >= 0.3 is 5.69 Å². The summed E-state index contributed by atoms with van der Waals surface area (Å²) in [7, 11) is 3.83. The lowest BCUT2D eigenvalue weighted by atomic mass is 10.2. The van der Waals surface area contributed by atoms with E-state index >= 15 is 0 Å². The van der Waals surface area contributed by atoms with Gasteiger partial charge in [-0.05, 0) is 23.8 Å². The van der Waals surface area contributed by atoms with Gasteiger partial charge in [0, 0.05) is 37.8 Å². The van der Waals surface area contributed by atoms with Crippen molar-refractivity contribution >= 4 is 23.0 Å². The summed E-state index contributed by atoms with van der Waals surface area (Å²) in [5.74, 6) is 0.963. The number of nitrogens with zero attached hydrogens (tertiary/aromatic N) is 2. The molecule has 0 radical (unpaired) electrons. The Hall–Kier alpha value is -2.27. The predicted octanol–water partition coefficient (Wildman–Crippen LogP) is 4.19. The van der Waals surface area contributed by atoms with Gasteiger partial charge in [-0.3, -0.25) is 10.1 Å². The Bertz CT molecular complexity index is 659. The summed E-state index contributed by atoms with van der Waals surface area (Å²) in [6.45, 7) is 0. The molecule has 2 aromatic carbocycles. The number of hydrogen-bond donors (Lipinski definition) is 0. The van der Waals surface area contributed by atoms with Gasteiger partial charge in [-0.2, -0.15) is 0 Å². The van der Waals surface area contributed by atoms with E-state index in [9.17, 15) is 10.1 Å². The minimum atomic E-state index is -0.471. The number of alkyl halides is 1. The minimum Gasteiger partial charge on any atom is -0.450 e. The first-order valence-corrected chi connectivity index (χ1v) is 6.83. The summed E-state index contributed by atoms with van der Waals surface area (Å²) in [4.78, 5) is 12.6. The molecule has 0 amide bonds. The van der Waals surface area contributed by atoms with Gasteiger partial charge in [0.25, 0.3) is 0 Å². The van der Waals surface area contributed by atoms with E-state index in [1.165, 1.54) is 6.07 Å². The fourth-order valence-corrected chi connectivity index (χ4v) is 1.99. The summed E-state index contributed by atoms with van der Waals surface area (Å²) in [5, 5.41) is 11.1. The van der Waals surface area contributed by atoms with Crippen LogP contribution < -0.4 is 9.64 Å². The van der Waals surface area contributed by atoms with E-state index < -0.39 is 4.92 Å². The van der Waals surface area contributed by atoms with Crippen LogP contribution in [0.4, 0.5) is 11.4 Å². The Morgan fingerprint density at radius 1 is 1.24 bits per heavy atom. The van der Waals surface area contributed by atoms with Crippen molar-refractivity contribution in [2.45, 2.75) is 5.88 Å². The Labute approximate surface area is 127 Å². The maximum absolute atomic E-state index is 11.1. The van der Waals surface area contributed by atoms with Gasteiger partial charge in [-0.1, -0.05) is 12.1 Å². The maximum atomic E-state index is 11.1. The molecule has 5 nitrogen and oxygen atoms in total. The molecule has 2 rings (SSSR count). The number of nitro groups is 1. The lowest BCUT2D eigenvalue weighted by molar-refractivity contribution is -0.385. The first kappa shape index (κ1) is 15.1. The molecule has 0 bridgehead atoms. The van der Waals surface area contributed by atoms with Crippen LogP contribution in [-0.2, 0) is 5.88 Å². The highest BCUT2D eigenvalue weighted by Gasteiger charge is 2.16. The van der Waals surface area contributed by atoms with Crippen molar-refractivity contribution in [3.8, 4) is 11.5 Å². The van der Waals surface area contributed by atoms with E-state index in [1.54, 1.807) is 18.2 Å². The monoisotopic (exact) mass is 306 g/mol. The zero-order chi connectivity index (χ0) is 15.4. The van der Waals surface area contributed by atoms with Gasteiger partial charge in [-0.15, -0.1) is 11.6 Å². The second-order valence-electron chi connectivity index (χ2n) is 4.69. The highest BCUT2D eigenvalue weighted by Crippen LogP contribution is 2.33. The van der Waals surface area contributed by atoms with Gasteiger partial charge in [0.15, 0.2) is 0 Å². The molecule has 0 spiro atoms. The van der Waals surface area contributed by atoms with Crippen molar-refractivity contribution in [3.05, 3.63) is 58.1 Å². The summed E-state index contributed by atoms with van der Waals surface area (Å²) in [5.41, 5.74) is 1.54. The van der Waals surface area contributed by atoms with Crippen molar-refractivity contribution in [2.75, 3.05) is 19.0 Å². The molecule has 0 aliphatic rings. The molecule has 0 N–H and O–H groups in total. The number of nitro benzene ring substituents is 1. The molecule has 0 aromatic heterocycles. The van der Waals surface area contributed by atoms with Crippen LogP contribution in [0.3, 0.4) is 0 Å². The normalized spacial score (nSPS) is 10.2. The van der Waals surface area contributed by atoms with Gasteiger partial charge < -0.3 is 9.64 Å². The predicted molar refractivity (Wildman–Crippen MR) is 83.5 cm³/mol. The topological polar surface area (TPSA) is 55.6 Å². The molecule has 0 aliphatic carbocycles. The lowest BCUT2D eigenvalue weighted by Crippen LogP contribution is -2.08. The Morgan fingerprint density at radius 2 is 2.00 bits per heavy atom. The maximum Gasteiger partial charge on any atom is 0.311 e. The molecule has 110 valence electrons. The molecular formula is C15H15ClN2O3. The van der Waals surface area contributed by atoms with Crippen LogP contribution in [0.5, 0.6) is 11.5 Å². The van der Waals surface area contributed by atoms with E-state index in [1.807, 2.05) is 37.2 Å². The van der Waals surface area contributed by atoms with Crippen LogP contribution >= 0.6 is 11.6 Å². The standard InChI is InChI=1S/C15H15ClN2O3/c1-17(2)12-4-3-5-13(9-12)21-15-7-6-11(10-16)8-14(15)18(19)20/h3-9H,10H2,1-2H3. The van der Waals surface area contributed by atoms with Crippen LogP contribution in [0.15, 0.2) is 42.5 Å². The molecule has 6 heteroatoms. The summed E-state index contributed by atoms with van der Waals surface area (Å²) in [6.07, 6.45) is 0. The number of halogens is 1. The fourth-order valence-electron chi connectivity index (χ4n) is 1.83. The molecular weight excluding hydrogens is 292 g/mol. The number of benzene rings is 2. The average molecular weight is 307 g/mol. The molecule has 0 atom stereocenters. The van der Waals surface area contributed by atoms with Crippen LogP contribution in [0.2, 0.25) is 0 Å². The van der Waals surface area contributed by atoms with Crippen molar-refractivity contribution in [2.24, 2.45) is 0 Å². The number of hydrogen-bond acceptors (Lipinski definition) is 4. The fraction of sp³-hybridized carbons (Fsp3) is 0.200. The minimum absolute atomic E-state index is 0.0941. The lowest BCUT2D eigenvalue weighted by Gasteiger charge is -2.14. The quantitative estimate of drug-likeness (QED) is 0.472. The van der Waals surface area contributed by atoms with Gasteiger partial charge in [0.05, 0.1) is 4.92 Å². The molecule has 0 saturated carbocycles. The van der Waals surface area contributed by atoms with E-state index in [2.05, 4.69) is 0 Å². The van der Waals surface area contributed by atoms with E-state index in [-0.39, 0.29) is 17.3 Å². The Morgan fingerprint density at radius 3 is 2.62 bits per heavy atom. The molecule has 0 unspecified atom stereocenters. The van der Waals surface area contributed by atoms with Crippen LogP contribution in [0.1, 0.15) is 5.56 Å². The molecule has 0 aliphatic heterocycles. The molecule has 0 fully saturated rings. The van der Waals surface area contributed by atoms with E-state index in [0.29, 0.717) is 11.3 Å². The summed E-state index contributed by atoms with van der Waals surface area (Å²) >= 11 is 5.70. The average Bonchev–Trinajstić information content (AvgIpc) is 2.47. The highest BCUT2D eigenvalue weighted by molar-refractivity contribution is 6.17. The first-order valence-electron chi connectivity index (χ1n) is 6.30. The van der Waals surface area contributed by atoms with E-state index in [0.717, 1.165) is 5.69 Å². The van der Waals surface area contributed by atoms with E-state index in [4.69, 9.17) is 16.3 Å². The number of ether oxygens (including phenoxy) is 1. The molecule has 0 saturated heterocycles. The Balaban J connectivity index is 2.35. The summed E-state index contributed by atoms with van der Waals surface area (Å²) < 4.78 is 5.65. The second kappa shape index (κ2) is 6.45. The zero-order valence-electron chi connectivity index (χ0n) is 11.7. The van der Waals surface area contributed by atoms with Crippen molar-refractivity contribution in [3.63, 3.8) is 0 Å². The van der Waals surface area contributed by atoms with Gasteiger partial charge in [0.1, 0.15) is 5.75 Å².